The normalized spacial score (nSPS) is 9.93. The van der Waals surface area contributed by atoms with Crippen LogP contribution in [0.2, 0.25) is 0 Å². The van der Waals surface area contributed by atoms with E-state index in [2.05, 4.69) is 4.98 Å². The molecule has 1 aromatic carbocycles. The second-order valence-electron chi connectivity index (χ2n) is 3.10. The van der Waals surface area contributed by atoms with Gasteiger partial charge in [-0.05, 0) is 18.2 Å². The molecule has 0 saturated carbocycles. The average molecular weight is 201 g/mol. The quantitative estimate of drug-likeness (QED) is 0.699. The average Bonchev–Trinajstić information content (AvgIpc) is 2.30. The highest BCUT2D eigenvalue weighted by Crippen LogP contribution is 2.17. The Morgan fingerprint density at radius 1 is 1.20 bits per heavy atom. The molecular formula is C12H8FNO. The number of pyridine rings is 1. The zero-order chi connectivity index (χ0) is 10.7. The number of carbonyl (C=O) groups is 1. The summed E-state index contributed by atoms with van der Waals surface area (Å²) in [5.74, 6) is -0.370. The van der Waals surface area contributed by atoms with Crippen LogP contribution in [0, 0.1) is 5.82 Å². The Morgan fingerprint density at radius 3 is 2.73 bits per heavy atom. The van der Waals surface area contributed by atoms with Crippen molar-refractivity contribution in [2.24, 2.45) is 0 Å². The molecule has 74 valence electrons. The minimum atomic E-state index is -0.370. The molecule has 0 bridgehead atoms. The maximum absolute atomic E-state index is 12.6. The summed E-state index contributed by atoms with van der Waals surface area (Å²) in [5, 5.41) is 0. The first-order chi connectivity index (χ1) is 7.29. The van der Waals surface area contributed by atoms with Crippen LogP contribution in [0.4, 0.5) is 4.39 Å². The highest BCUT2D eigenvalue weighted by atomic mass is 19.1. The molecule has 0 spiro atoms. The number of rotatable bonds is 2. The van der Waals surface area contributed by atoms with E-state index >= 15 is 0 Å². The molecule has 0 aliphatic carbocycles. The van der Waals surface area contributed by atoms with Crippen LogP contribution in [0.1, 0.15) is 10.4 Å². The summed E-state index contributed by atoms with van der Waals surface area (Å²) < 4.78 is 12.6. The maximum atomic E-state index is 12.6. The van der Waals surface area contributed by atoms with E-state index in [-0.39, 0.29) is 5.82 Å². The number of hydrogen-bond acceptors (Lipinski definition) is 2. The van der Waals surface area contributed by atoms with Gasteiger partial charge in [-0.25, -0.2) is 4.39 Å². The Balaban J connectivity index is 2.44. The molecular weight excluding hydrogens is 193 g/mol. The van der Waals surface area contributed by atoms with Crippen molar-refractivity contribution in [1.29, 1.82) is 0 Å². The zero-order valence-corrected chi connectivity index (χ0v) is 7.85. The third-order valence-electron chi connectivity index (χ3n) is 2.05. The smallest absolute Gasteiger partial charge is 0.150 e. The highest BCUT2D eigenvalue weighted by molar-refractivity contribution is 5.78. The van der Waals surface area contributed by atoms with Crippen molar-refractivity contribution in [3.63, 3.8) is 0 Å². The van der Waals surface area contributed by atoms with Crippen LogP contribution in [0.5, 0.6) is 0 Å². The lowest BCUT2D eigenvalue weighted by atomic mass is 10.1. The first kappa shape index (κ1) is 9.52. The van der Waals surface area contributed by atoms with Gasteiger partial charge in [0.25, 0.3) is 0 Å². The second kappa shape index (κ2) is 4.00. The van der Waals surface area contributed by atoms with Crippen LogP contribution in [0.15, 0.2) is 42.6 Å². The van der Waals surface area contributed by atoms with Gasteiger partial charge >= 0.3 is 0 Å². The Bertz CT molecular complexity index is 479. The van der Waals surface area contributed by atoms with E-state index in [9.17, 15) is 9.18 Å². The van der Waals surface area contributed by atoms with Crippen molar-refractivity contribution in [1.82, 2.24) is 4.98 Å². The molecule has 0 amide bonds. The van der Waals surface area contributed by atoms with E-state index in [4.69, 9.17) is 0 Å². The fourth-order valence-corrected chi connectivity index (χ4v) is 1.32. The Morgan fingerprint density at radius 2 is 2.07 bits per heavy atom. The van der Waals surface area contributed by atoms with E-state index < -0.39 is 0 Å². The molecule has 0 aliphatic heterocycles. The molecule has 2 rings (SSSR count). The van der Waals surface area contributed by atoms with Crippen LogP contribution >= 0.6 is 0 Å². The number of nitrogens with zero attached hydrogens (tertiary/aromatic N) is 1. The number of hydrogen-bond donors (Lipinski definition) is 0. The molecule has 0 saturated heterocycles. The molecule has 2 nitrogen and oxygen atoms in total. The summed E-state index contributed by atoms with van der Waals surface area (Å²) >= 11 is 0. The number of carbonyl (C=O) groups excluding carboxylic acids is 1. The lowest BCUT2D eigenvalue weighted by Gasteiger charge is -2.00. The van der Waals surface area contributed by atoms with Gasteiger partial charge < -0.3 is 0 Å². The third kappa shape index (κ3) is 2.07. The topological polar surface area (TPSA) is 30.0 Å². The van der Waals surface area contributed by atoms with Crippen molar-refractivity contribution in [3.05, 3.63) is 54.0 Å². The molecule has 0 radical (unpaired) electrons. The van der Waals surface area contributed by atoms with Gasteiger partial charge in [-0.15, -0.1) is 0 Å². The Hall–Kier alpha value is -2.03. The number of aromatic nitrogens is 1. The molecule has 0 aliphatic rings. The van der Waals surface area contributed by atoms with Gasteiger partial charge in [-0.3, -0.25) is 9.78 Å². The van der Waals surface area contributed by atoms with Gasteiger partial charge in [-0.2, -0.15) is 0 Å². The van der Waals surface area contributed by atoms with Crippen LogP contribution in [-0.2, 0) is 0 Å². The number of benzene rings is 1. The maximum Gasteiger partial charge on any atom is 0.150 e. The van der Waals surface area contributed by atoms with Crippen molar-refractivity contribution < 1.29 is 9.18 Å². The molecule has 0 N–H and O–H groups in total. The van der Waals surface area contributed by atoms with Crippen molar-refractivity contribution >= 4 is 6.29 Å². The summed E-state index contributed by atoms with van der Waals surface area (Å²) in [6.45, 7) is 0. The molecule has 15 heavy (non-hydrogen) atoms. The lowest BCUT2D eigenvalue weighted by Crippen LogP contribution is -1.86. The molecule has 0 fully saturated rings. The summed E-state index contributed by atoms with van der Waals surface area (Å²) in [7, 11) is 0. The van der Waals surface area contributed by atoms with Crippen molar-refractivity contribution in [2.45, 2.75) is 0 Å². The van der Waals surface area contributed by atoms with Crippen LogP contribution in [0.3, 0.4) is 0 Å². The largest absolute Gasteiger partial charge is 0.298 e. The van der Waals surface area contributed by atoms with Crippen molar-refractivity contribution in [3.8, 4) is 11.3 Å². The van der Waals surface area contributed by atoms with E-state index in [0.717, 1.165) is 18.0 Å². The van der Waals surface area contributed by atoms with Gasteiger partial charge in [-0.1, -0.05) is 18.2 Å². The highest BCUT2D eigenvalue weighted by Gasteiger charge is 2.00. The standard InChI is InChI=1S/C12H8FNO/c13-11-4-5-12(14-7-11)10-3-1-2-9(6-10)8-15/h1-8H. The molecule has 3 heteroatoms. The summed E-state index contributed by atoms with van der Waals surface area (Å²) in [6, 6.07) is 9.94. The molecule has 1 aromatic heterocycles. The predicted octanol–water partition coefficient (Wildman–Crippen LogP) is 2.70. The van der Waals surface area contributed by atoms with E-state index in [1.54, 1.807) is 24.3 Å². The van der Waals surface area contributed by atoms with E-state index in [1.165, 1.54) is 6.07 Å². The summed E-state index contributed by atoms with van der Waals surface area (Å²) in [5.41, 5.74) is 2.04. The molecule has 2 aromatic rings. The minimum Gasteiger partial charge on any atom is -0.298 e. The Labute approximate surface area is 86.4 Å². The van der Waals surface area contributed by atoms with Gasteiger partial charge in [0.1, 0.15) is 12.1 Å². The van der Waals surface area contributed by atoms with Crippen LogP contribution in [-0.4, -0.2) is 11.3 Å². The lowest BCUT2D eigenvalue weighted by molar-refractivity contribution is 0.112. The van der Waals surface area contributed by atoms with E-state index in [0.29, 0.717) is 11.3 Å². The molecule has 1 heterocycles. The third-order valence-corrected chi connectivity index (χ3v) is 2.05. The monoisotopic (exact) mass is 201 g/mol. The summed E-state index contributed by atoms with van der Waals surface area (Å²) in [6.07, 6.45) is 1.93. The molecule has 0 atom stereocenters. The first-order valence-corrected chi connectivity index (χ1v) is 4.47. The second-order valence-corrected chi connectivity index (χ2v) is 3.10. The Kier molecular flexibility index (Phi) is 2.54. The summed E-state index contributed by atoms with van der Waals surface area (Å²) in [4.78, 5) is 14.5. The van der Waals surface area contributed by atoms with Crippen molar-refractivity contribution in [2.75, 3.05) is 0 Å². The van der Waals surface area contributed by atoms with Crippen LogP contribution < -0.4 is 0 Å². The van der Waals surface area contributed by atoms with Gasteiger partial charge in [0.2, 0.25) is 0 Å². The SMILES string of the molecule is O=Cc1cccc(-c2ccc(F)cn2)c1. The van der Waals surface area contributed by atoms with Gasteiger partial charge in [0, 0.05) is 11.1 Å². The predicted molar refractivity (Wildman–Crippen MR) is 55.0 cm³/mol. The fourth-order valence-electron chi connectivity index (χ4n) is 1.32. The van der Waals surface area contributed by atoms with E-state index in [1.807, 2.05) is 6.07 Å². The van der Waals surface area contributed by atoms with Gasteiger partial charge in [0.05, 0.1) is 11.9 Å². The van der Waals surface area contributed by atoms with Gasteiger partial charge in [0.15, 0.2) is 0 Å². The number of aldehydes is 1. The first-order valence-electron chi connectivity index (χ1n) is 4.47. The minimum absolute atomic E-state index is 0.370. The van der Waals surface area contributed by atoms with Crippen LogP contribution in [0.25, 0.3) is 11.3 Å². The fraction of sp³-hybridized carbons (Fsp3) is 0. The number of halogens is 1. The zero-order valence-electron chi connectivity index (χ0n) is 7.85. The molecule has 0 unspecified atom stereocenters.